The van der Waals surface area contributed by atoms with E-state index in [1.54, 1.807) is 0 Å². The number of hydrogen-bond acceptors (Lipinski definition) is 3. The third kappa shape index (κ3) is 12.2. The van der Waals surface area contributed by atoms with Crippen LogP contribution in [-0.4, -0.2) is 44.5 Å². The van der Waals surface area contributed by atoms with Gasteiger partial charge >= 0.3 is 0 Å². The van der Waals surface area contributed by atoms with Crippen LogP contribution < -0.4 is 0 Å². The SMILES string of the molecule is CCCCCCCCC(C=CCC(OCC)OCC)N(C)C. The molecule has 0 amide bonds. The van der Waals surface area contributed by atoms with Crippen LogP contribution in [0, 0.1) is 0 Å². The summed E-state index contributed by atoms with van der Waals surface area (Å²) in [5, 5.41) is 0. The third-order valence-electron chi connectivity index (χ3n) is 3.91. The lowest BCUT2D eigenvalue weighted by Crippen LogP contribution is -2.26. The van der Waals surface area contributed by atoms with Crippen LogP contribution in [0.4, 0.5) is 0 Å². The lowest BCUT2D eigenvalue weighted by atomic mass is 10.0. The fourth-order valence-corrected chi connectivity index (χ4v) is 2.56. The Labute approximate surface area is 139 Å². The molecule has 0 fully saturated rings. The molecule has 0 aliphatic heterocycles. The van der Waals surface area contributed by atoms with Crippen molar-refractivity contribution in [2.75, 3.05) is 27.3 Å². The summed E-state index contributed by atoms with van der Waals surface area (Å²) in [6.07, 6.45) is 14.7. The van der Waals surface area contributed by atoms with E-state index in [0.717, 1.165) is 6.42 Å². The van der Waals surface area contributed by atoms with Gasteiger partial charge in [0.15, 0.2) is 6.29 Å². The second-order valence-electron chi connectivity index (χ2n) is 6.09. The zero-order chi connectivity index (χ0) is 16.6. The Kier molecular flexibility index (Phi) is 15.2. The van der Waals surface area contributed by atoms with E-state index >= 15 is 0 Å². The monoisotopic (exact) mass is 313 g/mol. The van der Waals surface area contributed by atoms with Gasteiger partial charge in [0.1, 0.15) is 0 Å². The topological polar surface area (TPSA) is 21.7 Å². The Hall–Kier alpha value is -0.380. The molecule has 0 aromatic rings. The van der Waals surface area contributed by atoms with E-state index in [1.807, 2.05) is 13.8 Å². The molecule has 0 saturated carbocycles. The van der Waals surface area contributed by atoms with Crippen molar-refractivity contribution >= 4 is 0 Å². The van der Waals surface area contributed by atoms with E-state index in [4.69, 9.17) is 9.47 Å². The van der Waals surface area contributed by atoms with Gasteiger partial charge in [-0.25, -0.2) is 0 Å². The van der Waals surface area contributed by atoms with Crippen molar-refractivity contribution in [1.29, 1.82) is 0 Å². The normalized spacial score (nSPS) is 13.6. The molecule has 1 atom stereocenters. The second-order valence-corrected chi connectivity index (χ2v) is 6.09. The average molecular weight is 314 g/mol. The largest absolute Gasteiger partial charge is 0.353 e. The van der Waals surface area contributed by atoms with E-state index in [2.05, 4.69) is 38.1 Å². The van der Waals surface area contributed by atoms with Crippen LogP contribution in [0.25, 0.3) is 0 Å². The standard InChI is InChI=1S/C19H39NO2/c1-6-9-10-11-12-13-15-18(20(4)5)16-14-17-19(21-7-2)22-8-3/h14,16,18-19H,6-13,15,17H2,1-5H3. The summed E-state index contributed by atoms with van der Waals surface area (Å²) in [5.74, 6) is 0. The van der Waals surface area contributed by atoms with Crippen LogP contribution in [-0.2, 0) is 9.47 Å². The summed E-state index contributed by atoms with van der Waals surface area (Å²) >= 11 is 0. The third-order valence-corrected chi connectivity index (χ3v) is 3.91. The Morgan fingerprint density at radius 3 is 2.00 bits per heavy atom. The van der Waals surface area contributed by atoms with Gasteiger partial charge in [0.2, 0.25) is 0 Å². The molecule has 0 rings (SSSR count). The summed E-state index contributed by atoms with van der Waals surface area (Å²) in [5.41, 5.74) is 0. The molecule has 0 saturated heterocycles. The minimum absolute atomic E-state index is 0.0943. The molecule has 132 valence electrons. The number of hydrogen-bond donors (Lipinski definition) is 0. The molecule has 0 aromatic heterocycles. The highest BCUT2D eigenvalue weighted by Gasteiger charge is 2.09. The fraction of sp³-hybridized carbons (Fsp3) is 0.895. The van der Waals surface area contributed by atoms with Crippen molar-refractivity contribution in [3.8, 4) is 0 Å². The van der Waals surface area contributed by atoms with Gasteiger partial charge in [0, 0.05) is 25.7 Å². The second kappa shape index (κ2) is 15.5. The molecule has 3 heteroatoms. The first-order valence-corrected chi connectivity index (χ1v) is 9.21. The molecular weight excluding hydrogens is 274 g/mol. The Balaban J connectivity index is 4.02. The van der Waals surface area contributed by atoms with E-state index < -0.39 is 0 Å². The van der Waals surface area contributed by atoms with Crippen molar-refractivity contribution in [2.24, 2.45) is 0 Å². The van der Waals surface area contributed by atoms with Gasteiger partial charge in [-0.3, -0.25) is 0 Å². The molecule has 0 aliphatic rings. The molecule has 22 heavy (non-hydrogen) atoms. The van der Waals surface area contributed by atoms with Crippen LogP contribution in [0.15, 0.2) is 12.2 Å². The fourth-order valence-electron chi connectivity index (χ4n) is 2.56. The maximum absolute atomic E-state index is 5.57. The van der Waals surface area contributed by atoms with Gasteiger partial charge in [0.25, 0.3) is 0 Å². The van der Waals surface area contributed by atoms with Crippen molar-refractivity contribution in [2.45, 2.75) is 84.5 Å². The number of nitrogens with zero attached hydrogens (tertiary/aromatic N) is 1. The van der Waals surface area contributed by atoms with Crippen LogP contribution in [0.3, 0.4) is 0 Å². The minimum Gasteiger partial charge on any atom is -0.353 e. The molecule has 0 radical (unpaired) electrons. The minimum atomic E-state index is -0.0943. The smallest absolute Gasteiger partial charge is 0.160 e. The molecule has 0 spiro atoms. The van der Waals surface area contributed by atoms with Crippen molar-refractivity contribution in [1.82, 2.24) is 4.90 Å². The number of unbranched alkanes of at least 4 members (excludes halogenated alkanes) is 5. The van der Waals surface area contributed by atoms with Crippen LogP contribution in [0.1, 0.15) is 72.1 Å². The molecule has 0 heterocycles. The van der Waals surface area contributed by atoms with Crippen molar-refractivity contribution < 1.29 is 9.47 Å². The summed E-state index contributed by atoms with van der Waals surface area (Å²) in [4.78, 5) is 2.30. The van der Waals surface area contributed by atoms with Gasteiger partial charge < -0.3 is 14.4 Å². The predicted molar refractivity (Wildman–Crippen MR) is 96.3 cm³/mol. The first kappa shape index (κ1) is 21.6. The number of rotatable bonds is 15. The maximum atomic E-state index is 5.57. The van der Waals surface area contributed by atoms with E-state index in [9.17, 15) is 0 Å². The average Bonchev–Trinajstić information content (AvgIpc) is 2.49. The molecule has 0 N–H and O–H groups in total. The highest BCUT2D eigenvalue weighted by atomic mass is 16.7. The molecular formula is C19H39NO2. The van der Waals surface area contributed by atoms with Crippen LogP contribution in [0.2, 0.25) is 0 Å². The summed E-state index contributed by atoms with van der Waals surface area (Å²) in [7, 11) is 4.32. The highest BCUT2D eigenvalue weighted by Crippen LogP contribution is 2.12. The number of ether oxygens (including phenoxy) is 2. The molecule has 3 nitrogen and oxygen atoms in total. The lowest BCUT2D eigenvalue weighted by molar-refractivity contribution is -0.133. The van der Waals surface area contributed by atoms with Gasteiger partial charge in [-0.15, -0.1) is 0 Å². The highest BCUT2D eigenvalue weighted by molar-refractivity contribution is 4.93. The maximum Gasteiger partial charge on any atom is 0.160 e. The zero-order valence-electron chi connectivity index (χ0n) is 15.6. The predicted octanol–water partition coefficient (Wildman–Crippen LogP) is 5.01. The van der Waals surface area contributed by atoms with Crippen LogP contribution in [0.5, 0.6) is 0 Å². The van der Waals surface area contributed by atoms with Gasteiger partial charge in [-0.2, -0.15) is 0 Å². The van der Waals surface area contributed by atoms with E-state index in [1.165, 1.54) is 44.9 Å². The summed E-state index contributed by atoms with van der Waals surface area (Å²) < 4.78 is 11.1. The summed E-state index contributed by atoms with van der Waals surface area (Å²) in [6.45, 7) is 7.69. The first-order chi connectivity index (χ1) is 10.7. The lowest BCUT2D eigenvalue weighted by Gasteiger charge is -2.21. The van der Waals surface area contributed by atoms with Gasteiger partial charge in [-0.1, -0.05) is 57.6 Å². The van der Waals surface area contributed by atoms with Crippen molar-refractivity contribution in [3.05, 3.63) is 12.2 Å². The van der Waals surface area contributed by atoms with Gasteiger partial charge in [0.05, 0.1) is 0 Å². The quantitative estimate of drug-likeness (QED) is 0.241. The molecule has 0 bridgehead atoms. The summed E-state index contributed by atoms with van der Waals surface area (Å²) in [6, 6.07) is 0.523. The van der Waals surface area contributed by atoms with E-state index in [-0.39, 0.29) is 6.29 Å². The zero-order valence-corrected chi connectivity index (χ0v) is 15.6. The Morgan fingerprint density at radius 2 is 1.45 bits per heavy atom. The van der Waals surface area contributed by atoms with Crippen molar-refractivity contribution in [3.63, 3.8) is 0 Å². The molecule has 0 aromatic carbocycles. The Morgan fingerprint density at radius 1 is 0.864 bits per heavy atom. The van der Waals surface area contributed by atoms with Gasteiger partial charge in [-0.05, 0) is 34.4 Å². The molecule has 1 unspecified atom stereocenters. The number of likely N-dealkylation sites (N-methyl/N-ethyl adjacent to an activating group) is 1. The molecule has 0 aliphatic carbocycles. The Bertz CT molecular complexity index is 248. The first-order valence-electron chi connectivity index (χ1n) is 9.21. The van der Waals surface area contributed by atoms with Crippen LogP contribution >= 0.6 is 0 Å². The van der Waals surface area contributed by atoms with E-state index in [0.29, 0.717) is 19.3 Å².